The smallest absolute Gasteiger partial charge is 0.194 e. The molecular weight excluding hydrogens is 527 g/mol. The Bertz CT molecular complexity index is 856. The Balaban J connectivity index is 0.00000385. The number of nitrogens with zero attached hydrogens (tertiary/aromatic N) is 2. The summed E-state index contributed by atoms with van der Waals surface area (Å²) in [7, 11) is 3.79. The Morgan fingerprint density at radius 1 is 1.12 bits per heavy atom. The first-order chi connectivity index (χ1) is 15.6. The number of hydrogen-bond acceptors (Lipinski definition) is 4. The number of nitrogens with one attached hydrogen (secondary N) is 2. The van der Waals surface area contributed by atoms with Crippen LogP contribution in [0.25, 0.3) is 0 Å². The van der Waals surface area contributed by atoms with Gasteiger partial charge in [-0.25, -0.2) is 0 Å². The molecule has 1 aliphatic rings. The molecule has 0 saturated carbocycles. The second-order valence-corrected chi connectivity index (χ2v) is 8.51. The normalized spacial score (nSPS) is 16.4. The largest absolute Gasteiger partial charge is 0.496 e. The van der Waals surface area contributed by atoms with Crippen LogP contribution >= 0.6 is 24.0 Å². The van der Waals surface area contributed by atoms with E-state index in [1.54, 1.807) is 7.11 Å². The highest BCUT2D eigenvalue weighted by Crippen LogP contribution is 2.26. The summed E-state index contributed by atoms with van der Waals surface area (Å²) in [5, 5.41) is 7.36. The van der Waals surface area contributed by atoms with Gasteiger partial charge in [0.05, 0.1) is 13.7 Å². The number of rotatable bonds is 9. The van der Waals surface area contributed by atoms with Gasteiger partial charge in [-0.05, 0) is 38.3 Å². The van der Waals surface area contributed by atoms with Gasteiger partial charge >= 0.3 is 0 Å². The van der Waals surface area contributed by atoms with Crippen molar-refractivity contribution in [2.24, 2.45) is 4.99 Å². The van der Waals surface area contributed by atoms with Gasteiger partial charge in [0, 0.05) is 50.5 Å². The molecule has 1 fully saturated rings. The number of hydrogen-bond donors (Lipinski definition) is 2. The van der Waals surface area contributed by atoms with E-state index in [0.29, 0.717) is 6.54 Å². The van der Waals surface area contributed by atoms with Crippen LogP contribution in [-0.4, -0.2) is 56.9 Å². The van der Waals surface area contributed by atoms with Crippen molar-refractivity contribution in [1.82, 2.24) is 15.5 Å². The van der Waals surface area contributed by atoms with Crippen molar-refractivity contribution in [2.75, 3.05) is 40.5 Å². The fraction of sp³-hybridized carbons (Fsp3) is 0.500. The van der Waals surface area contributed by atoms with Gasteiger partial charge in [-0.15, -0.1) is 24.0 Å². The average Bonchev–Trinajstić information content (AvgIpc) is 2.83. The Kier molecular flexibility index (Phi) is 11.4. The molecular formula is C26H39IN4O2. The molecule has 1 heterocycles. The van der Waals surface area contributed by atoms with Crippen LogP contribution in [0.15, 0.2) is 59.6 Å². The molecule has 2 N–H and O–H groups in total. The molecule has 0 amide bonds. The number of guanidine groups is 1. The second-order valence-electron chi connectivity index (χ2n) is 8.51. The average molecular weight is 567 g/mol. The highest BCUT2D eigenvalue weighted by atomic mass is 127. The van der Waals surface area contributed by atoms with Crippen LogP contribution in [0.5, 0.6) is 5.75 Å². The molecule has 0 spiro atoms. The molecule has 1 atom stereocenters. The van der Waals surface area contributed by atoms with Crippen LogP contribution in [0.4, 0.5) is 0 Å². The molecule has 0 bridgehead atoms. The zero-order valence-electron chi connectivity index (χ0n) is 20.3. The van der Waals surface area contributed by atoms with E-state index in [9.17, 15) is 0 Å². The molecule has 7 heteroatoms. The van der Waals surface area contributed by atoms with Crippen molar-refractivity contribution < 1.29 is 9.47 Å². The molecule has 3 rings (SSSR count). The molecule has 182 valence electrons. The maximum absolute atomic E-state index is 5.69. The maximum atomic E-state index is 5.69. The van der Waals surface area contributed by atoms with E-state index >= 15 is 0 Å². The van der Waals surface area contributed by atoms with Gasteiger partial charge in [0.1, 0.15) is 5.75 Å². The van der Waals surface area contributed by atoms with Crippen molar-refractivity contribution in [2.45, 2.75) is 44.8 Å². The number of para-hydroxylation sites is 1. The third-order valence-corrected chi connectivity index (χ3v) is 6.10. The lowest BCUT2D eigenvalue weighted by Gasteiger charge is -2.40. The zero-order chi connectivity index (χ0) is 22.8. The highest BCUT2D eigenvalue weighted by molar-refractivity contribution is 14.0. The highest BCUT2D eigenvalue weighted by Gasteiger charge is 2.34. The van der Waals surface area contributed by atoms with Crippen LogP contribution in [0.2, 0.25) is 0 Å². The van der Waals surface area contributed by atoms with Crippen molar-refractivity contribution in [1.29, 1.82) is 0 Å². The first-order valence-corrected chi connectivity index (χ1v) is 11.6. The van der Waals surface area contributed by atoms with Crippen LogP contribution in [0, 0.1) is 0 Å². The Labute approximate surface area is 216 Å². The molecule has 0 aliphatic carbocycles. The van der Waals surface area contributed by atoms with Gasteiger partial charge in [0.15, 0.2) is 5.96 Å². The van der Waals surface area contributed by atoms with E-state index in [2.05, 4.69) is 72.8 Å². The fourth-order valence-corrected chi connectivity index (χ4v) is 4.25. The summed E-state index contributed by atoms with van der Waals surface area (Å²) in [4.78, 5) is 7.24. The van der Waals surface area contributed by atoms with Gasteiger partial charge in [-0.2, -0.15) is 0 Å². The van der Waals surface area contributed by atoms with Crippen LogP contribution < -0.4 is 15.4 Å². The summed E-state index contributed by atoms with van der Waals surface area (Å²) < 4.78 is 11.2. The lowest BCUT2D eigenvalue weighted by atomic mass is 9.88. The minimum absolute atomic E-state index is 0. The van der Waals surface area contributed by atoms with E-state index < -0.39 is 0 Å². The third-order valence-electron chi connectivity index (χ3n) is 6.10. The maximum Gasteiger partial charge on any atom is 0.194 e. The van der Waals surface area contributed by atoms with Gasteiger partial charge < -0.3 is 25.0 Å². The fourth-order valence-electron chi connectivity index (χ4n) is 4.25. The van der Waals surface area contributed by atoms with E-state index in [1.807, 2.05) is 18.2 Å². The van der Waals surface area contributed by atoms with Gasteiger partial charge in [-0.1, -0.05) is 48.5 Å². The Hall–Kier alpha value is -1.84. The summed E-state index contributed by atoms with van der Waals surface area (Å²) in [6, 6.07) is 19.0. The third kappa shape index (κ3) is 7.86. The quantitative estimate of drug-likeness (QED) is 0.264. The number of halogens is 1. The van der Waals surface area contributed by atoms with Crippen LogP contribution in [0.3, 0.4) is 0 Å². The van der Waals surface area contributed by atoms with Crippen LogP contribution in [-0.2, 0) is 11.3 Å². The molecule has 0 aromatic heterocycles. The van der Waals surface area contributed by atoms with Crippen molar-refractivity contribution in [3.63, 3.8) is 0 Å². The first kappa shape index (κ1) is 27.4. The van der Waals surface area contributed by atoms with E-state index in [-0.39, 0.29) is 35.6 Å². The number of ether oxygens (including phenoxy) is 2. The predicted octanol–water partition coefficient (Wildman–Crippen LogP) is 4.61. The summed E-state index contributed by atoms with van der Waals surface area (Å²) in [5.41, 5.74) is 2.35. The topological polar surface area (TPSA) is 58.1 Å². The molecule has 1 saturated heterocycles. The molecule has 1 aliphatic heterocycles. The predicted molar refractivity (Wildman–Crippen MR) is 147 cm³/mol. The van der Waals surface area contributed by atoms with Crippen molar-refractivity contribution in [3.8, 4) is 5.75 Å². The SMILES string of the molecule is CCNC(=NCC1(NC(C)c2ccccc2)CCOCC1)N(C)Cc1ccccc1OC.I. The lowest BCUT2D eigenvalue weighted by Crippen LogP contribution is -2.53. The minimum atomic E-state index is -0.0839. The number of methoxy groups -OCH3 is 1. The summed E-state index contributed by atoms with van der Waals surface area (Å²) in [5.74, 6) is 1.80. The lowest BCUT2D eigenvalue weighted by molar-refractivity contribution is 0.0373. The van der Waals surface area contributed by atoms with Gasteiger partial charge in [0.25, 0.3) is 0 Å². The van der Waals surface area contributed by atoms with E-state index in [0.717, 1.165) is 56.4 Å². The van der Waals surface area contributed by atoms with Crippen molar-refractivity contribution in [3.05, 3.63) is 65.7 Å². The Morgan fingerprint density at radius 2 is 1.79 bits per heavy atom. The van der Waals surface area contributed by atoms with E-state index in [4.69, 9.17) is 14.5 Å². The standard InChI is InChI=1S/C26H38N4O2.HI/c1-5-27-25(30(3)19-23-13-9-10-14-24(23)31-4)28-20-26(15-17-32-18-16-26)29-21(2)22-11-7-6-8-12-22;/h6-14,21,29H,5,15-20H2,1-4H3,(H,27,28);1H. The van der Waals surface area contributed by atoms with E-state index in [1.165, 1.54) is 5.56 Å². The van der Waals surface area contributed by atoms with Gasteiger partial charge in [-0.3, -0.25) is 4.99 Å². The van der Waals surface area contributed by atoms with Crippen LogP contribution in [0.1, 0.15) is 43.9 Å². The first-order valence-electron chi connectivity index (χ1n) is 11.6. The number of aliphatic imine (C=N–C) groups is 1. The minimum Gasteiger partial charge on any atom is -0.496 e. The molecule has 1 unspecified atom stereocenters. The summed E-state index contributed by atoms with van der Waals surface area (Å²) >= 11 is 0. The summed E-state index contributed by atoms with van der Waals surface area (Å²) in [6.07, 6.45) is 1.90. The molecule has 0 radical (unpaired) electrons. The Morgan fingerprint density at radius 3 is 2.45 bits per heavy atom. The molecule has 33 heavy (non-hydrogen) atoms. The summed E-state index contributed by atoms with van der Waals surface area (Å²) in [6.45, 7) is 8.10. The monoisotopic (exact) mass is 566 g/mol. The second kappa shape index (κ2) is 13.8. The zero-order valence-corrected chi connectivity index (χ0v) is 22.7. The van der Waals surface area contributed by atoms with Gasteiger partial charge in [0.2, 0.25) is 0 Å². The van der Waals surface area contributed by atoms with Crippen molar-refractivity contribution >= 4 is 29.9 Å². The molecule has 2 aromatic carbocycles. The molecule has 6 nitrogen and oxygen atoms in total. The number of benzene rings is 2. The molecule has 2 aromatic rings.